The molecule has 6 heteroatoms. The predicted molar refractivity (Wildman–Crippen MR) is 85.4 cm³/mol. The molecule has 1 aliphatic rings. The molecular weight excluding hydrogens is 303 g/mol. The van der Waals surface area contributed by atoms with Crippen molar-refractivity contribution in [3.63, 3.8) is 0 Å². The molecule has 116 valence electrons. The Bertz CT molecular complexity index is 620. The lowest BCUT2D eigenvalue weighted by Crippen LogP contribution is -2.42. The number of piperidine rings is 1. The van der Waals surface area contributed by atoms with E-state index < -0.39 is 0 Å². The largest absolute Gasteiger partial charge is 0.350 e. The second kappa shape index (κ2) is 7.03. The number of benzene rings is 1. The van der Waals surface area contributed by atoms with Crippen molar-refractivity contribution in [1.29, 1.82) is 0 Å². The third-order valence-electron chi connectivity index (χ3n) is 3.81. The Kier molecular flexibility index (Phi) is 4.85. The molecule has 0 radical (unpaired) electrons. The smallest absolute Gasteiger partial charge is 0.222 e. The first-order chi connectivity index (χ1) is 10.7. The molecule has 0 amide bonds. The molecule has 1 atom stereocenters. The molecule has 1 aromatic carbocycles. The van der Waals surface area contributed by atoms with Crippen LogP contribution in [0.3, 0.4) is 0 Å². The molecular formula is C16H18ClFN4. The summed E-state index contributed by atoms with van der Waals surface area (Å²) in [6, 6.07) is 7.21. The van der Waals surface area contributed by atoms with Crippen molar-refractivity contribution < 1.29 is 4.39 Å². The lowest BCUT2D eigenvalue weighted by molar-refractivity contribution is 0.206. The molecule has 1 saturated heterocycles. The highest BCUT2D eigenvalue weighted by molar-refractivity contribution is 6.30. The summed E-state index contributed by atoms with van der Waals surface area (Å²) < 4.78 is 13.8. The molecule has 2 heterocycles. The van der Waals surface area contributed by atoms with E-state index in [0.717, 1.165) is 31.5 Å². The lowest BCUT2D eigenvalue weighted by Gasteiger charge is -2.33. The van der Waals surface area contributed by atoms with Gasteiger partial charge < -0.3 is 5.32 Å². The van der Waals surface area contributed by atoms with Gasteiger partial charge in [0.05, 0.1) is 17.4 Å². The molecule has 1 aliphatic heterocycles. The van der Waals surface area contributed by atoms with E-state index >= 15 is 0 Å². The normalized spacial score (nSPS) is 19.1. The van der Waals surface area contributed by atoms with Crippen LogP contribution in [0.15, 0.2) is 36.7 Å². The van der Waals surface area contributed by atoms with E-state index in [4.69, 9.17) is 11.6 Å². The van der Waals surface area contributed by atoms with Gasteiger partial charge in [-0.15, -0.1) is 0 Å². The molecule has 3 rings (SSSR count). The molecule has 1 N–H and O–H groups in total. The van der Waals surface area contributed by atoms with Gasteiger partial charge in [0.1, 0.15) is 5.82 Å². The lowest BCUT2D eigenvalue weighted by atomic mass is 10.0. The zero-order chi connectivity index (χ0) is 15.4. The maximum absolute atomic E-state index is 13.8. The van der Waals surface area contributed by atoms with Crippen LogP contribution in [0.4, 0.5) is 10.3 Å². The number of hydrogen-bond donors (Lipinski definition) is 1. The Morgan fingerprint density at radius 1 is 1.27 bits per heavy atom. The van der Waals surface area contributed by atoms with E-state index in [2.05, 4.69) is 20.2 Å². The van der Waals surface area contributed by atoms with Crippen molar-refractivity contribution >= 4 is 17.5 Å². The Labute approximate surface area is 134 Å². The number of likely N-dealkylation sites (tertiary alicyclic amines) is 1. The zero-order valence-electron chi connectivity index (χ0n) is 12.2. The van der Waals surface area contributed by atoms with Crippen LogP contribution < -0.4 is 5.32 Å². The van der Waals surface area contributed by atoms with E-state index in [1.54, 1.807) is 18.5 Å². The van der Waals surface area contributed by atoms with Crippen molar-refractivity contribution in [2.75, 3.05) is 18.4 Å². The van der Waals surface area contributed by atoms with Gasteiger partial charge in [-0.05, 0) is 25.5 Å². The van der Waals surface area contributed by atoms with Crippen molar-refractivity contribution in [2.45, 2.75) is 25.4 Å². The average Bonchev–Trinajstić information content (AvgIpc) is 2.52. The van der Waals surface area contributed by atoms with E-state index in [-0.39, 0.29) is 11.9 Å². The molecule has 22 heavy (non-hydrogen) atoms. The number of halogens is 2. The SMILES string of the molecule is Fc1ccccc1CN1CCC[C@@H](Nc2ncc(Cl)cn2)C1. The molecule has 0 saturated carbocycles. The quantitative estimate of drug-likeness (QED) is 0.938. The minimum atomic E-state index is -0.140. The third-order valence-corrected chi connectivity index (χ3v) is 4.01. The molecule has 0 spiro atoms. The van der Waals surface area contributed by atoms with Crippen molar-refractivity contribution in [1.82, 2.24) is 14.9 Å². The van der Waals surface area contributed by atoms with Crippen LogP contribution in [-0.2, 0) is 6.54 Å². The Hall–Kier alpha value is -1.72. The second-order valence-corrected chi connectivity index (χ2v) is 5.97. The fraction of sp³-hybridized carbons (Fsp3) is 0.375. The van der Waals surface area contributed by atoms with Crippen LogP contribution in [0.2, 0.25) is 5.02 Å². The maximum Gasteiger partial charge on any atom is 0.222 e. The number of nitrogens with one attached hydrogen (secondary N) is 1. The van der Waals surface area contributed by atoms with E-state index in [0.29, 0.717) is 17.5 Å². The van der Waals surface area contributed by atoms with Crippen LogP contribution in [0.5, 0.6) is 0 Å². The topological polar surface area (TPSA) is 41.0 Å². The molecule has 0 unspecified atom stereocenters. The summed E-state index contributed by atoms with van der Waals surface area (Å²) in [4.78, 5) is 10.6. The highest BCUT2D eigenvalue weighted by atomic mass is 35.5. The minimum Gasteiger partial charge on any atom is -0.350 e. The Morgan fingerprint density at radius 3 is 2.82 bits per heavy atom. The fourth-order valence-corrected chi connectivity index (χ4v) is 2.85. The number of hydrogen-bond acceptors (Lipinski definition) is 4. The van der Waals surface area contributed by atoms with Gasteiger partial charge >= 0.3 is 0 Å². The first kappa shape index (κ1) is 15.2. The summed E-state index contributed by atoms with van der Waals surface area (Å²) in [6.07, 6.45) is 5.28. The van der Waals surface area contributed by atoms with Crippen LogP contribution in [0.1, 0.15) is 18.4 Å². The van der Waals surface area contributed by atoms with Crippen LogP contribution >= 0.6 is 11.6 Å². The molecule has 0 bridgehead atoms. The van der Waals surface area contributed by atoms with Gasteiger partial charge in [-0.3, -0.25) is 4.90 Å². The summed E-state index contributed by atoms with van der Waals surface area (Å²) in [5, 5.41) is 3.85. The minimum absolute atomic E-state index is 0.140. The van der Waals surface area contributed by atoms with Crippen molar-refractivity contribution in [3.8, 4) is 0 Å². The Morgan fingerprint density at radius 2 is 2.05 bits per heavy atom. The molecule has 1 aromatic heterocycles. The standard InChI is InChI=1S/C16H18ClFN4/c17-13-8-19-16(20-9-13)21-14-5-3-7-22(11-14)10-12-4-1-2-6-15(12)18/h1-2,4,6,8-9,14H,3,5,7,10-11H2,(H,19,20,21)/t14-/m1/s1. The van der Waals surface area contributed by atoms with Gasteiger partial charge in [-0.1, -0.05) is 29.8 Å². The maximum atomic E-state index is 13.8. The van der Waals surface area contributed by atoms with Gasteiger partial charge in [-0.25, -0.2) is 14.4 Å². The van der Waals surface area contributed by atoms with Crippen molar-refractivity contribution in [2.24, 2.45) is 0 Å². The monoisotopic (exact) mass is 320 g/mol. The van der Waals surface area contributed by atoms with Gasteiger partial charge in [0, 0.05) is 24.7 Å². The highest BCUT2D eigenvalue weighted by Gasteiger charge is 2.21. The molecule has 4 nitrogen and oxygen atoms in total. The van der Waals surface area contributed by atoms with Crippen molar-refractivity contribution in [3.05, 3.63) is 53.1 Å². The molecule has 0 aliphatic carbocycles. The van der Waals surface area contributed by atoms with E-state index in [1.807, 2.05) is 12.1 Å². The number of aromatic nitrogens is 2. The third kappa shape index (κ3) is 3.93. The number of anilines is 1. The summed E-state index contributed by atoms with van der Waals surface area (Å²) >= 11 is 5.79. The fourth-order valence-electron chi connectivity index (χ4n) is 2.75. The Balaban J connectivity index is 1.59. The van der Waals surface area contributed by atoms with E-state index in [1.165, 1.54) is 6.07 Å². The van der Waals surface area contributed by atoms with Crippen LogP contribution in [0, 0.1) is 5.82 Å². The summed E-state index contributed by atoms with van der Waals surface area (Å²) in [7, 11) is 0. The molecule has 1 fully saturated rings. The van der Waals surface area contributed by atoms with Gasteiger partial charge in [0.15, 0.2) is 0 Å². The van der Waals surface area contributed by atoms with Gasteiger partial charge in [0.2, 0.25) is 5.95 Å². The molecule has 2 aromatic rings. The number of rotatable bonds is 4. The van der Waals surface area contributed by atoms with E-state index in [9.17, 15) is 4.39 Å². The first-order valence-electron chi connectivity index (χ1n) is 7.40. The number of nitrogens with zero attached hydrogens (tertiary/aromatic N) is 3. The van der Waals surface area contributed by atoms with Gasteiger partial charge in [0.25, 0.3) is 0 Å². The average molecular weight is 321 g/mol. The summed E-state index contributed by atoms with van der Waals surface area (Å²) in [6.45, 7) is 2.46. The predicted octanol–water partition coefficient (Wildman–Crippen LogP) is 3.35. The zero-order valence-corrected chi connectivity index (χ0v) is 12.9. The van der Waals surface area contributed by atoms with Crippen LogP contribution in [-0.4, -0.2) is 34.0 Å². The summed E-state index contributed by atoms with van der Waals surface area (Å²) in [5.74, 6) is 0.445. The first-order valence-corrected chi connectivity index (χ1v) is 7.78. The van der Waals surface area contributed by atoms with Gasteiger partial charge in [-0.2, -0.15) is 0 Å². The summed E-state index contributed by atoms with van der Waals surface area (Å²) in [5.41, 5.74) is 0.742. The second-order valence-electron chi connectivity index (χ2n) is 5.53. The highest BCUT2D eigenvalue weighted by Crippen LogP contribution is 2.18. The van der Waals surface area contributed by atoms with Crippen LogP contribution in [0.25, 0.3) is 0 Å².